The van der Waals surface area contributed by atoms with Crippen LogP contribution < -0.4 is 9.80 Å². The summed E-state index contributed by atoms with van der Waals surface area (Å²) in [6.45, 7) is 4.34. The second kappa shape index (κ2) is 7.24. The molecule has 2 aliphatic heterocycles. The van der Waals surface area contributed by atoms with E-state index in [4.69, 9.17) is 0 Å². The van der Waals surface area contributed by atoms with Gasteiger partial charge in [0.1, 0.15) is 5.82 Å². The summed E-state index contributed by atoms with van der Waals surface area (Å²) in [5.74, 6) is -0.310. The maximum absolute atomic E-state index is 14.0. The number of fused-ring (bicyclic) bond motifs is 2. The molecule has 0 aliphatic carbocycles. The Morgan fingerprint density at radius 2 is 1.71 bits per heavy atom. The van der Waals surface area contributed by atoms with Crippen molar-refractivity contribution in [3.63, 3.8) is 0 Å². The molecular formula is C25H21FN2O2S. The summed E-state index contributed by atoms with van der Waals surface area (Å²) in [5, 5.41) is 0. The Morgan fingerprint density at radius 1 is 0.968 bits per heavy atom. The summed E-state index contributed by atoms with van der Waals surface area (Å²) >= 11 is 1.37. The fraction of sp³-hybridized carbons (Fsp3) is 0.200. The Labute approximate surface area is 184 Å². The summed E-state index contributed by atoms with van der Waals surface area (Å²) in [6, 6.07) is 19.7. The summed E-state index contributed by atoms with van der Waals surface area (Å²) in [6.07, 6.45) is 0. The topological polar surface area (TPSA) is 40.6 Å². The van der Waals surface area contributed by atoms with Crippen LogP contribution in [0.3, 0.4) is 0 Å². The van der Waals surface area contributed by atoms with Crippen LogP contribution in [0.25, 0.3) is 0 Å². The SMILES string of the molecule is Cc1ccc(N2C(=O)CS[C@]23C(=O)N(Cc2ccc(F)cc2)c2ccccc23)cc1C. The van der Waals surface area contributed by atoms with Crippen molar-refractivity contribution in [2.45, 2.75) is 25.3 Å². The average Bonchev–Trinajstić information content (AvgIpc) is 3.23. The molecule has 2 heterocycles. The lowest BCUT2D eigenvalue weighted by Gasteiger charge is -2.33. The third-order valence-electron chi connectivity index (χ3n) is 6.07. The molecule has 0 saturated carbocycles. The first-order valence-corrected chi connectivity index (χ1v) is 11.1. The van der Waals surface area contributed by atoms with Gasteiger partial charge in [-0.15, -0.1) is 11.8 Å². The molecule has 156 valence electrons. The van der Waals surface area contributed by atoms with Crippen LogP contribution in [0, 0.1) is 19.7 Å². The summed E-state index contributed by atoms with van der Waals surface area (Å²) < 4.78 is 13.4. The standard InChI is InChI=1S/C25H21FN2O2S/c1-16-7-12-20(13-17(16)2)28-23(29)15-31-25(28)21-5-3-4-6-22(21)27(24(25)30)14-18-8-10-19(26)11-9-18/h3-13H,14-15H2,1-2H3/t25-/m1/s1. The highest BCUT2D eigenvalue weighted by Gasteiger charge is 2.60. The zero-order chi connectivity index (χ0) is 21.8. The van der Waals surface area contributed by atoms with E-state index in [2.05, 4.69) is 0 Å². The van der Waals surface area contributed by atoms with Gasteiger partial charge in [0.15, 0.2) is 0 Å². The zero-order valence-corrected chi connectivity index (χ0v) is 18.1. The second-order valence-corrected chi connectivity index (χ2v) is 9.13. The third kappa shape index (κ3) is 2.97. The van der Waals surface area contributed by atoms with Crippen molar-refractivity contribution in [3.05, 3.63) is 94.8 Å². The van der Waals surface area contributed by atoms with Crippen molar-refractivity contribution < 1.29 is 14.0 Å². The van der Waals surface area contributed by atoms with E-state index in [0.29, 0.717) is 6.54 Å². The summed E-state index contributed by atoms with van der Waals surface area (Å²) in [4.78, 5) is 29.3. The van der Waals surface area contributed by atoms with Gasteiger partial charge >= 0.3 is 0 Å². The van der Waals surface area contributed by atoms with Crippen molar-refractivity contribution in [3.8, 4) is 0 Å². The molecule has 4 nitrogen and oxygen atoms in total. The van der Waals surface area contributed by atoms with E-state index in [1.54, 1.807) is 21.9 Å². The number of halogens is 1. The minimum Gasteiger partial charge on any atom is -0.304 e. The molecule has 1 saturated heterocycles. The molecule has 1 fully saturated rings. The van der Waals surface area contributed by atoms with Gasteiger partial charge in [0.05, 0.1) is 18.0 Å². The number of thioether (sulfide) groups is 1. The van der Waals surface area contributed by atoms with Crippen LogP contribution in [-0.4, -0.2) is 17.6 Å². The maximum atomic E-state index is 14.0. The molecule has 0 radical (unpaired) electrons. The van der Waals surface area contributed by atoms with Crippen molar-refractivity contribution in [1.82, 2.24) is 0 Å². The molecular weight excluding hydrogens is 411 g/mol. The van der Waals surface area contributed by atoms with Crippen LogP contribution in [0.4, 0.5) is 15.8 Å². The molecule has 2 aliphatic rings. The maximum Gasteiger partial charge on any atom is 0.269 e. The Hall–Kier alpha value is -3.12. The highest BCUT2D eigenvalue weighted by molar-refractivity contribution is 8.02. The lowest BCUT2D eigenvalue weighted by atomic mass is 10.0. The smallest absolute Gasteiger partial charge is 0.269 e. The number of nitrogens with zero attached hydrogens (tertiary/aromatic N) is 2. The number of benzene rings is 3. The number of carbonyl (C=O) groups excluding carboxylic acids is 2. The van der Waals surface area contributed by atoms with Crippen molar-refractivity contribution in [1.29, 1.82) is 0 Å². The molecule has 31 heavy (non-hydrogen) atoms. The molecule has 1 spiro atoms. The van der Waals surface area contributed by atoms with Gasteiger partial charge in [-0.1, -0.05) is 36.4 Å². The normalized spacial score (nSPS) is 20.1. The fourth-order valence-corrected chi connectivity index (χ4v) is 5.71. The largest absolute Gasteiger partial charge is 0.304 e. The number of carbonyl (C=O) groups is 2. The predicted molar refractivity (Wildman–Crippen MR) is 122 cm³/mol. The van der Waals surface area contributed by atoms with Gasteiger partial charge in [-0.3, -0.25) is 14.5 Å². The quantitative estimate of drug-likeness (QED) is 0.590. The van der Waals surface area contributed by atoms with Crippen LogP contribution in [0.1, 0.15) is 22.3 Å². The van der Waals surface area contributed by atoms with Gasteiger partial charge in [-0.05, 0) is 60.9 Å². The van der Waals surface area contributed by atoms with Crippen molar-refractivity contribution in [2.75, 3.05) is 15.6 Å². The van der Waals surface area contributed by atoms with E-state index in [-0.39, 0.29) is 23.4 Å². The lowest BCUT2D eigenvalue weighted by molar-refractivity contribution is -0.123. The first-order chi connectivity index (χ1) is 14.9. The minimum atomic E-state index is -1.13. The van der Waals surface area contributed by atoms with E-state index in [1.807, 2.05) is 56.3 Å². The molecule has 2 amide bonds. The number of para-hydroxylation sites is 1. The van der Waals surface area contributed by atoms with Crippen molar-refractivity contribution in [2.24, 2.45) is 0 Å². The highest BCUT2D eigenvalue weighted by atomic mass is 32.2. The van der Waals surface area contributed by atoms with Crippen LogP contribution >= 0.6 is 11.8 Å². The molecule has 0 aromatic heterocycles. The van der Waals surface area contributed by atoms with E-state index < -0.39 is 4.87 Å². The van der Waals surface area contributed by atoms with Crippen LogP contribution in [-0.2, 0) is 21.0 Å². The van der Waals surface area contributed by atoms with Gasteiger partial charge in [0.25, 0.3) is 5.91 Å². The second-order valence-electron chi connectivity index (χ2n) is 7.97. The lowest BCUT2D eigenvalue weighted by Crippen LogP contribution is -2.49. The van der Waals surface area contributed by atoms with Gasteiger partial charge in [-0.2, -0.15) is 0 Å². The van der Waals surface area contributed by atoms with E-state index in [0.717, 1.165) is 33.6 Å². The van der Waals surface area contributed by atoms with E-state index in [1.165, 1.54) is 23.9 Å². The van der Waals surface area contributed by atoms with Crippen LogP contribution in [0.15, 0.2) is 66.7 Å². The fourth-order valence-electron chi connectivity index (χ4n) is 4.35. The molecule has 0 N–H and O–H groups in total. The average molecular weight is 433 g/mol. The van der Waals surface area contributed by atoms with Gasteiger partial charge in [0, 0.05) is 11.3 Å². The number of aryl methyl sites for hydroxylation is 2. The molecule has 3 aromatic carbocycles. The van der Waals surface area contributed by atoms with Crippen LogP contribution in [0.2, 0.25) is 0 Å². The first kappa shape index (κ1) is 19.8. The molecule has 6 heteroatoms. The Bertz CT molecular complexity index is 1210. The van der Waals surface area contributed by atoms with Crippen molar-refractivity contribution >= 4 is 35.0 Å². The monoisotopic (exact) mass is 432 g/mol. The zero-order valence-electron chi connectivity index (χ0n) is 17.3. The van der Waals surface area contributed by atoms with Gasteiger partial charge < -0.3 is 4.90 Å². The minimum absolute atomic E-state index is 0.0833. The number of hydrogen-bond acceptors (Lipinski definition) is 3. The predicted octanol–water partition coefficient (Wildman–Crippen LogP) is 4.92. The number of anilines is 2. The molecule has 1 atom stereocenters. The Kier molecular flexibility index (Phi) is 4.63. The third-order valence-corrected chi connectivity index (χ3v) is 7.45. The number of hydrogen-bond donors (Lipinski definition) is 0. The molecule has 0 bridgehead atoms. The molecule has 5 rings (SSSR count). The number of rotatable bonds is 3. The molecule has 0 unspecified atom stereocenters. The summed E-state index contributed by atoms with van der Waals surface area (Å²) in [7, 11) is 0. The highest BCUT2D eigenvalue weighted by Crippen LogP contribution is 2.56. The van der Waals surface area contributed by atoms with Gasteiger partial charge in [-0.25, -0.2) is 4.39 Å². The van der Waals surface area contributed by atoms with Crippen LogP contribution in [0.5, 0.6) is 0 Å². The first-order valence-electron chi connectivity index (χ1n) is 10.1. The van der Waals surface area contributed by atoms with E-state index >= 15 is 0 Å². The molecule has 3 aromatic rings. The number of amides is 2. The van der Waals surface area contributed by atoms with Gasteiger partial charge in [0.2, 0.25) is 10.8 Å². The Morgan fingerprint density at radius 3 is 2.45 bits per heavy atom. The summed E-state index contributed by atoms with van der Waals surface area (Å²) in [5.41, 5.74) is 5.36. The Balaban J connectivity index is 1.63. The van der Waals surface area contributed by atoms with E-state index in [9.17, 15) is 14.0 Å².